The summed E-state index contributed by atoms with van der Waals surface area (Å²) in [6.07, 6.45) is 8.68. The van der Waals surface area contributed by atoms with E-state index in [1.165, 1.54) is 10.8 Å². The zero-order valence-electron chi connectivity index (χ0n) is 17.4. The number of carboxylic acids is 1. The first-order valence-electron chi connectivity index (χ1n) is 10.9. The molecule has 5 heteroatoms. The summed E-state index contributed by atoms with van der Waals surface area (Å²) >= 11 is 0. The fourth-order valence-electron chi connectivity index (χ4n) is 4.09. The third-order valence-corrected chi connectivity index (χ3v) is 5.73. The molecule has 0 spiro atoms. The standard InChI is InChI=1S/C25H31NO4/c27-23(18-19-10-11-20-7-4-5-8-21(20)17-19)14-12-22-13-15-24(28)26(22)16-6-2-1-3-9-25(29)30/h4-5,7-8,10-12,14,17,22-23,27H,1-3,6,9,13,15-16,18H2,(H,29,30)/t22-,23+/m0/s1. The van der Waals surface area contributed by atoms with Gasteiger partial charge in [-0.15, -0.1) is 0 Å². The molecule has 0 saturated carbocycles. The highest BCUT2D eigenvalue weighted by atomic mass is 16.4. The first kappa shape index (κ1) is 22.0. The van der Waals surface area contributed by atoms with E-state index in [4.69, 9.17) is 5.11 Å². The molecule has 1 aliphatic rings. The summed E-state index contributed by atoms with van der Waals surface area (Å²) in [4.78, 5) is 24.7. The van der Waals surface area contributed by atoms with Crippen LogP contribution in [0.4, 0.5) is 0 Å². The second-order valence-electron chi connectivity index (χ2n) is 8.09. The Balaban J connectivity index is 1.47. The topological polar surface area (TPSA) is 77.8 Å². The van der Waals surface area contributed by atoms with Gasteiger partial charge in [-0.25, -0.2) is 0 Å². The molecule has 1 fully saturated rings. The number of aliphatic carboxylic acids is 1. The van der Waals surface area contributed by atoms with Crippen LogP contribution in [0.1, 0.15) is 50.5 Å². The van der Waals surface area contributed by atoms with Crippen LogP contribution >= 0.6 is 0 Å². The Labute approximate surface area is 178 Å². The van der Waals surface area contributed by atoms with Gasteiger partial charge in [0.1, 0.15) is 0 Å². The highest BCUT2D eigenvalue weighted by molar-refractivity contribution is 5.83. The Morgan fingerprint density at radius 2 is 1.87 bits per heavy atom. The SMILES string of the molecule is O=C(O)CCCCCCN1C(=O)CC[C@@H]1C=C[C@@H](O)Cc1ccc2ccccc2c1. The molecule has 2 atom stereocenters. The minimum Gasteiger partial charge on any atom is -0.481 e. The van der Waals surface area contributed by atoms with Gasteiger partial charge in [-0.3, -0.25) is 9.59 Å². The summed E-state index contributed by atoms with van der Waals surface area (Å²) in [5.41, 5.74) is 1.09. The lowest BCUT2D eigenvalue weighted by Crippen LogP contribution is -2.32. The van der Waals surface area contributed by atoms with Crippen LogP contribution in [0, 0.1) is 0 Å². The molecule has 0 aromatic heterocycles. The van der Waals surface area contributed by atoms with E-state index < -0.39 is 12.1 Å². The Morgan fingerprint density at radius 1 is 1.10 bits per heavy atom. The first-order valence-corrected chi connectivity index (χ1v) is 10.9. The van der Waals surface area contributed by atoms with Crippen LogP contribution in [0.5, 0.6) is 0 Å². The van der Waals surface area contributed by atoms with Gasteiger partial charge in [-0.1, -0.05) is 67.5 Å². The van der Waals surface area contributed by atoms with Crippen molar-refractivity contribution in [3.63, 3.8) is 0 Å². The molecule has 0 radical (unpaired) electrons. The number of unbranched alkanes of at least 4 members (excludes halogenated alkanes) is 3. The molecule has 1 amide bonds. The maximum absolute atomic E-state index is 12.2. The number of carbonyl (C=O) groups is 2. The molecular formula is C25H31NO4. The summed E-state index contributed by atoms with van der Waals surface area (Å²) in [6, 6.07) is 14.5. The van der Waals surface area contributed by atoms with Crippen molar-refractivity contribution in [2.45, 2.75) is 63.5 Å². The number of nitrogens with zero attached hydrogens (tertiary/aromatic N) is 1. The Hall–Kier alpha value is -2.66. The van der Waals surface area contributed by atoms with Crippen LogP contribution in [0.15, 0.2) is 54.6 Å². The summed E-state index contributed by atoms with van der Waals surface area (Å²) < 4.78 is 0. The smallest absolute Gasteiger partial charge is 0.303 e. The van der Waals surface area contributed by atoms with Crippen molar-refractivity contribution in [3.05, 3.63) is 60.2 Å². The van der Waals surface area contributed by atoms with E-state index in [0.29, 0.717) is 25.8 Å². The van der Waals surface area contributed by atoms with Gasteiger partial charge in [-0.2, -0.15) is 0 Å². The van der Waals surface area contributed by atoms with Crippen LogP contribution in [0.25, 0.3) is 10.8 Å². The number of rotatable bonds is 11. The van der Waals surface area contributed by atoms with E-state index in [-0.39, 0.29) is 18.4 Å². The summed E-state index contributed by atoms with van der Waals surface area (Å²) in [6.45, 7) is 0.696. The molecule has 0 aliphatic carbocycles. The van der Waals surface area contributed by atoms with Gasteiger partial charge in [0.05, 0.1) is 12.1 Å². The van der Waals surface area contributed by atoms with Crippen molar-refractivity contribution < 1.29 is 19.8 Å². The number of carboxylic acid groups (broad SMARTS) is 1. The second-order valence-corrected chi connectivity index (χ2v) is 8.09. The van der Waals surface area contributed by atoms with Crippen molar-refractivity contribution in [3.8, 4) is 0 Å². The lowest BCUT2D eigenvalue weighted by Gasteiger charge is -2.22. The van der Waals surface area contributed by atoms with Gasteiger partial charge in [0.15, 0.2) is 0 Å². The zero-order chi connectivity index (χ0) is 21.3. The fourth-order valence-corrected chi connectivity index (χ4v) is 4.09. The van der Waals surface area contributed by atoms with Gasteiger partial charge in [0, 0.05) is 25.8 Å². The van der Waals surface area contributed by atoms with Gasteiger partial charge in [-0.05, 0) is 35.6 Å². The predicted octanol–water partition coefficient (Wildman–Crippen LogP) is 4.33. The molecule has 0 unspecified atom stereocenters. The van der Waals surface area contributed by atoms with Crippen LogP contribution in [0.3, 0.4) is 0 Å². The highest BCUT2D eigenvalue weighted by Gasteiger charge is 2.28. The molecule has 30 heavy (non-hydrogen) atoms. The molecule has 1 aliphatic heterocycles. The third kappa shape index (κ3) is 6.42. The number of likely N-dealkylation sites (tertiary alicyclic amines) is 1. The fraction of sp³-hybridized carbons (Fsp3) is 0.440. The monoisotopic (exact) mass is 409 g/mol. The number of amides is 1. The lowest BCUT2D eigenvalue weighted by molar-refractivity contribution is -0.137. The quantitative estimate of drug-likeness (QED) is 0.428. The largest absolute Gasteiger partial charge is 0.481 e. The van der Waals surface area contributed by atoms with Crippen LogP contribution in [-0.4, -0.2) is 45.7 Å². The number of carbonyl (C=O) groups excluding carboxylic acids is 1. The third-order valence-electron chi connectivity index (χ3n) is 5.73. The molecule has 5 nitrogen and oxygen atoms in total. The molecule has 0 bridgehead atoms. The zero-order valence-corrected chi connectivity index (χ0v) is 17.4. The molecule has 2 aromatic carbocycles. The minimum absolute atomic E-state index is 0.0442. The molecule has 2 aromatic rings. The number of benzene rings is 2. The average molecular weight is 410 g/mol. The van der Waals surface area contributed by atoms with Crippen molar-refractivity contribution in [2.24, 2.45) is 0 Å². The lowest BCUT2D eigenvalue weighted by atomic mass is 10.0. The number of hydrogen-bond donors (Lipinski definition) is 2. The molecule has 1 saturated heterocycles. The summed E-state index contributed by atoms with van der Waals surface area (Å²) in [5.74, 6) is -0.587. The highest BCUT2D eigenvalue weighted by Crippen LogP contribution is 2.22. The first-order chi connectivity index (χ1) is 14.5. The van der Waals surface area contributed by atoms with Gasteiger partial charge >= 0.3 is 5.97 Å². The number of aliphatic hydroxyl groups is 1. The van der Waals surface area contributed by atoms with Crippen molar-refractivity contribution in [1.82, 2.24) is 4.90 Å². The normalized spacial score (nSPS) is 17.8. The van der Waals surface area contributed by atoms with Gasteiger partial charge in [0.25, 0.3) is 0 Å². The van der Waals surface area contributed by atoms with Crippen LogP contribution < -0.4 is 0 Å². The van der Waals surface area contributed by atoms with E-state index in [1.807, 2.05) is 29.2 Å². The second kappa shape index (κ2) is 10.9. The van der Waals surface area contributed by atoms with Gasteiger partial charge in [0.2, 0.25) is 5.91 Å². The van der Waals surface area contributed by atoms with E-state index in [0.717, 1.165) is 31.2 Å². The maximum atomic E-state index is 12.2. The van der Waals surface area contributed by atoms with Gasteiger partial charge < -0.3 is 15.1 Å². The van der Waals surface area contributed by atoms with E-state index >= 15 is 0 Å². The summed E-state index contributed by atoms with van der Waals surface area (Å²) in [5, 5.41) is 21.5. The van der Waals surface area contributed by atoms with Crippen molar-refractivity contribution >= 4 is 22.6 Å². The molecule has 160 valence electrons. The molecule has 1 heterocycles. The van der Waals surface area contributed by atoms with Crippen LogP contribution in [0.2, 0.25) is 0 Å². The van der Waals surface area contributed by atoms with E-state index in [9.17, 15) is 14.7 Å². The minimum atomic E-state index is -0.753. The molecule has 3 rings (SSSR count). The van der Waals surface area contributed by atoms with Crippen LogP contribution in [-0.2, 0) is 16.0 Å². The van der Waals surface area contributed by atoms with Crippen molar-refractivity contribution in [2.75, 3.05) is 6.54 Å². The Morgan fingerprint density at radius 3 is 2.67 bits per heavy atom. The maximum Gasteiger partial charge on any atom is 0.303 e. The molecule has 2 N–H and O–H groups in total. The predicted molar refractivity (Wildman–Crippen MR) is 118 cm³/mol. The Kier molecular flexibility index (Phi) is 8.03. The summed E-state index contributed by atoms with van der Waals surface area (Å²) in [7, 11) is 0. The number of aliphatic hydroxyl groups excluding tert-OH is 1. The van der Waals surface area contributed by atoms with Crippen molar-refractivity contribution in [1.29, 1.82) is 0 Å². The average Bonchev–Trinajstić information content (AvgIpc) is 3.08. The molecular weight excluding hydrogens is 378 g/mol. The van der Waals surface area contributed by atoms with E-state index in [2.05, 4.69) is 30.3 Å². The Bertz CT molecular complexity index is 892. The number of hydrogen-bond acceptors (Lipinski definition) is 3. The number of fused-ring (bicyclic) bond motifs is 1. The van der Waals surface area contributed by atoms with E-state index in [1.54, 1.807) is 0 Å².